The molecule has 0 spiro atoms. The first-order valence-electron chi connectivity index (χ1n) is 8.82. The smallest absolute Gasteiger partial charge is 0.275 e. The number of hydrogen-bond donors (Lipinski definition) is 3. The minimum absolute atomic E-state index is 0.308. The summed E-state index contributed by atoms with van der Waals surface area (Å²) in [5.41, 5.74) is 7.56. The molecule has 4 rings (SSSR count). The Balaban J connectivity index is 1.61. The standard InChI is InChI=1S/C19H19N5O2S2/c20-17(25)12-3-4-15(24-7-5-21-6-8-24)13(10-12)22-18(26)14-11-28-19(23-14)16-2-1-9-27-16/h1-4,9-11,21H,5-8H2,(H2,20,25)(H,22,26). The zero-order valence-electron chi connectivity index (χ0n) is 15.0. The monoisotopic (exact) mass is 413 g/mol. The van der Waals surface area contributed by atoms with E-state index < -0.39 is 5.91 Å². The predicted octanol–water partition coefficient (Wildman–Crippen LogP) is 2.63. The van der Waals surface area contributed by atoms with Crippen molar-refractivity contribution in [1.29, 1.82) is 0 Å². The largest absolute Gasteiger partial charge is 0.367 e. The Bertz CT molecular complexity index is 994. The lowest BCUT2D eigenvalue weighted by Gasteiger charge is -2.31. The topological polar surface area (TPSA) is 100 Å². The number of thiazole rings is 1. The number of aromatic nitrogens is 1. The Morgan fingerprint density at radius 1 is 1.18 bits per heavy atom. The summed E-state index contributed by atoms with van der Waals surface area (Å²) >= 11 is 3.02. The number of thiophene rings is 1. The third-order valence-corrected chi connectivity index (χ3v) is 6.34. The lowest BCUT2D eigenvalue weighted by molar-refractivity contribution is 0.0995. The van der Waals surface area contributed by atoms with Gasteiger partial charge in [-0.15, -0.1) is 22.7 Å². The lowest BCUT2D eigenvalue weighted by atomic mass is 10.1. The molecular formula is C19H19N5O2S2. The van der Waals surface area contributed by atoms with Gasteiger partial charge in [-0.05, 0) is 29.6 Å². The maximum atomic E-state index is 12.8. The van der Waals surface area contributed by atoms with Crippen molar-refractivity contribution in [3.8, 4) is 9.88 Å². The zero-order chi connectivity index (χ0) is 19.5. The van der Waals surface area contributed by atoms with E-state index in [-0.39, 0.29) is 5.91 Å². The maximum Gasteiger partial charge on any atom is 0.275 e. The van der Waals surface area contributed by atoms with Gasteiger partial charge in [0.2, 0.25) is 5.91 Å². The predicted molar refractivity (Wildman–Crippen MR) is 113 cm³/mol. The van der Waals surface area contributed by atoms with Crippen LogP contribution in [0.25, 0.3) is 9.88 Å². The third kappa shape index (κ3) is 3.91. The van der Waals surface area contributed by atoms with Gasteiger partial charge in [-0.3, -0.25) is 9.59 Å². The molecule has 3 heterocycles. The van der Waals surface area contributed by atoms with E-state index in [9.17, 15) is 9.59 Å². The summed E-state index contributed by atoms with van der Waals surface area (Å²) in [5.74, 6) is -0.840. The Morgan fingerprint density at radius 3 is 2.71 bits per heavy atom. The molecule has 2 amide bonds. The van der Waals surface area contributed by atoms with Crippen molar-refractivity contribution >= 4 is 45.9 Å². The molecule has 0 saturated carbocycles. The second-order valence-corrected chi connectivity index (χ2v) is 8.11. The van der Waals surface area contributed by atoms with Crippen LogP contribution in [0.4, 0.5) is 11.4 Å². The van der Waals surface area contributed by atoms with Gasteiger partial charge in [0.05, 0.1) is 16.3 Å². The first kappa shape index (κ1) is 18.6. The molecular weight excluding hydrogens is 394 g/mol. The molecule has 2 aromatic heterocycles. The summed E-state index contributed by atoms with van der Waals surface area (Å²) in [6, 6.07) is 9.08. The van der Waals surface area contributed by atoms with Crippen molar-refractivity contribution in [3.63, 3.8) is 0 Å². The van der Waals surface area contributed by atoms with Crippen LogP contribution in [0.15, 0.2) is 41.1 Å². The number of benzene rings is 1. The summed E-state index contributed by atoms with van der Waals surface area (Å²) in [5, 5.41) is 10.8. The summed E-state index contributed by atoms with van der Waals surface area (Å²) in [6.07, 6.45) is 0. The number of nitrogens with zero attached hydrogens (tertiary/aromatic N) is 2. The average Bonchev–Trinajstić information content (AvgIpc) is 3.40. The molecule has 0 unspecified atom stereocenters. The Kier molecular flexibility index (Phi) is 5.38. The van der Waals surface area contributed by atoms with Crippen molar-refractivity contribution in [2.45, 2.75) is 0 Å². The molecule has 3 aromatic rings. The number of nitrogens with two attached hydrogens (primary N) is 1. The van der Waals surface area contributed by atoms with Crippen molar-refractivity contribution in [1.82, 2.24) is 10.3 Å². The van der Waals surface area contributed by atoms with Crippen molar-refractivity contribution in [2.75, 3.05) is 36.4 Å². The highest BCUT2D eigenvalue weighted by Crippen LogP contribution is 2.30. The van der Waals surface area contributed by atoms with Gasteiger partial charge in [-0.25, -0.2) is 4.98 Å². The molecule has 7 nitrogen and oxygen atoms in total. The quantitative estimate of drug-likeness (QED) is 0.597. The zero-order valence-corrected chi connectivity index (χ0v) is 16.6. The van der Waals surface area contributed by atoms with E-state index in [1.165, 1.54) is 11.3 Å². The fourth-order valence-electron chi connectivity index (χ4n) is 3.05. The maximum absolute atomic E-state index is 12.8. The van der Waals surface area contributed by atoms with Crippen LogP contribution in [0.2, 0.25) is 0 Å². The number of rotatable bonds is 5. The van der Waals surface area contributed by atoms with Gasteiger partial charge < -0.3 is 21.3 Å². The number of hydrogen-bond acceptors (Lipinski definition) is 7. The van der Waals surface area contributed by atoms with Gasteiger partial charge in [0.1, 0.15) is 10.7 Å². The molecule has 0 bridgehead atoms. The highest BCUT2D eigenvalue weighted by molar-refractivity contribution is 7.20. The van der Waals surface area contributed by atoms with Gasteiger partial charge in [0, 0.05) is 37.1 Å². The normalized spacial score (nSPS) is 14.1. The highest BCUT2D eigenvalue weighted by Gasteiger charge is 2.19. The summed E-state index contributed by atoms with van der Waals surface area (Å²) in [7, 11) is 0. The minimum Gasteiger partial charge on any atom is -0.367 e. The number of piperazine rings is 1. The SMILES string of the molecule is NC(=O)c1ccc(N2CCNCC2)c(NC(=O)c2csc(-c3cccs3)n2)c1. The number of amides is 2. The third-order valence-electron chi connectivity index (χ3n) is 4.46. The van der Waals surface area contributed by atoms with Gasteiger partial charge in [0.15, 0.2) is 0 Å². The van der Waals surface area contributed by atoms with Crippen LogP contribution in [0.3, 0.4) is 0 Å². The summed E-state index contributed by atoms with van der Waals surface area (Å²) in [4.78, 5) is 32.1. The molecule has 1 fully saturated rings. The molecule has 0 radical (unpaired) electrons. The van der Waals surface area contributed by atoms with Gasteiger partial charge >= 0.3 is 0 Å². The van der Waals surface area contributed by atoms with Crippen molar-refractivity contribution in [2.24, 2.45) is 5.73 Å². The molecule has 0 atom stereocenters. The Hall–Kier alpha value is -2.75. The highest BCUT2D eigenvalue weighted by atomic mass is 32.1. The van der Waals surface area contributed by atoms with Crippen LogP contribution < -0.4 is 21.3 Å². The number of carbonyl (C=O) groups is 2. The number of primary amides is 1. The van der Waals surface area contributed by atoms with Crippen LogP contribution in [-0.4, -0.2) is 43.0 Å². The molecule has 1 aliphatic heterocycles. The van der Waals surface area contributed by atoms with Gasteiger partial charge in [-0.1, -0.05) is 6.07 Å². The summed E-state index contributed by atoms with van der Waals surface area (Å²) < 4.78 is 0. The van der Waals surface area contributed by atoms with Crippen LogP contribution >= 0.6 is 22.7 Å². The molecule has 28 heavy (non-hydrogen) atoms. The second-order valence-electron chi connectivity index (χ2n) is 6.30. The number of carbonyl (C=O) groups excluding carboxylic acids is 2. The first-order chi connectivity index (χ1) is 13.6. The molecule has 9 heteroatoms. The van der Waals surface area contributed by atoms with E-state index in [0.717, 1.165) is 41.8 Å². The van der Waals surface area contributed by atoms with E-state index in [4.69, 9.17) is 5.73 Å². The fourth-order valence-corrected chi connectivity index (χ4v) is 4.66. The lowest BCUT2D eigenvalue weighted by Crippen LogP contribution is -2.43. The molecule has 4 N–H and O–H groups in total. The van der Waals surface area contributed by atoms with Gasteiger partial charge in [0.25, 0.3) is 5.91 Å². The van der Waals surface area contributed by atoms with Crippen LogP contribution in [0.5, 0.6) is 0 Å². The van der Waals surface area contributed by atoms with Crippen LogP contribution in [-0.2, 0) is 0 Å². The molecule has 1 saturated heterocycles. The van der Waals surface area contributed by atoms with Crippen LogP contribution in [0, 0.1) is 0 Å². The number of anilines is 2. The molecule has 1 aromatic carbocycles. The Labute approximate surface area is 170 Å². The van der Waals surface area contributed by atoms with E-state index in [0.29, 0.717) is 16.9 Å². The van der Waals surface area contributed by atoms with E-state index in [2.05, 4.69) is 20.5 Å². The van der Waals surface area contributed by atoms with Crippen molar-refractivity contribution in [3.05, 3.63) is 52.3 Å². The Morgan fingerprint density at radius 2 is 2.00 bits per heavy atom. The van der Waals surface area contributed by atoms with Crippen LogP contribution in [0.1, 0.15) is 20.8 Å². The van der Waals surface area contributed by atoms with Crippen molar-refractivity contribution < 1.29 is 9.59 Å². The van der Waals surface area contributed by atoms with E-state index in [1.807, 2.05) is 23.6 Å². The minimum atomic E-state index is -0.531. The molecule has 144 valence electrons. The molecule has 1 aliphatic rings. The van der Waals surface area contributed by atoms with E-state index >= 15 is 0 Å². The summed E-state index contributed by atoms with van der Waals surface area (Å²) in [6.45, 7) is 3.36. The fraction of sp³-hybridized carbons (Fsp3) is 0.211. The van der Waals surface area contributed by atoms with Gasteiger partial charge in [-0.2, -0.15) is 0 Å². The molecule has 0 aliphatic carbocycles. The average molecular weight is 414 g/mol. The second kappa shape index (κ2) is 8.09. The van der Waals surface area contributed by atoms with E-state index in [1.54, 1.807) is 28.8 Å². The first-order valence-corrected chi connectivity index (χ1v) is 10.6. The number of nitrogens with one attached hydrogen (secondary N) is 2.